The monoisotopic (exact) mass is 173 g/mol. The number of rotatable bonds is 1. The predicted octanol–water partition coefficient (Wildman–Crippen LogP) is 2.01. The Kier molecular flexibility index (Phi) is 3.76. The van der Waals surface area contributed by atoms with Gasteiger partial charge in [0.15, 0.2) is 0 Å². The van der Waals surface area contributed by atoms with E-state index in [-0.39, 0.29) is 12.4 Å². The van der Waals surface area contributed by atoms with Crippen LogP contribution in [0, 0.1) is 6.92 Å². The van der Waals surface area contributed by atoms with Crippen LogP contribution in [0.5, 0.6) is 5.75 Å². The van der Waals surface area contributed by atoms with Gasteiger partial charge in [0.05, 0.1) is 7.11 Å². The summed E-state index contributed by atoms with van der Waals surface area (Å²) in [5, 5.41) is 0. The molecule has 1 aromatic carbocycles. The summed E-state index contributed by atoms with van der Waals surface area (Å²) in [5.41, 5.74) is 7.48. The van der Waals surface area contributed by atoms with Crippen molar-refractivity contribution in [1.82, 2.24) is 0 Å². The topological polar surface area (TPSA) is 35.2 Å². The van der Waals surface area contributed by atoms with Gasteiger partial charge in [-0.15, -0.1) is 12.4 Å². The molecule has 0 saturated heterocycles. The van der Waals surface area contributed by atoms with Crippen molar-refractivity contribution < 1.29 is 4.74 Å². The highest BCUT2D eigenvalue weighted by atomic mass is 35.5. The minimum atomic E-state index is 0. The van der Waals surface area contributed by atoms with Gasteiger partial charge in [0.25, 0.3) is 0 Å². The summed E-state index contributed by atoms with van der Waals surface area (Å²) < 4.78 is 4.97. The molecule has 2 N–H and O–H groups in total. The van der Waals surface area contributed by atoms with Crippen molar-refractivity contribution in [2.24, 2.45) is 0 Å². The molecular weight excluding hydrogens is 162 g/mol. The number of anilines is 1. The Morgan fingerprint density at radius 2 is 2.00 bits per heavy atom. The molecule has 0 atom stereocenters. The summed E-state index contributed by atoms with van der Waals surface area (Å²) in [6.07, 6.45) is 0. The van der Waals surface area contributed by atoms with E-state index in [1.165, 1.54) is 0 Å². The van der Waals surface area contributed by atoms with Crippen LogP contribution in [-0.4, -0.2) is 7.11 Å². The minimum Gasteiger partial charge on any atom is -0.497 e. The molecule has 0 spiro atoms. The number of hydrogen-bond acceptors (Lipinski definition) is 2. The maximum Gasteiger partial charge on any atom is 0.120 e. The van der Waals surface area contributed by atoms with Crippen molar-refractivity contribution in [2.45, 2.75) is 6.92 Å². The molecule has 0 heterocycles. The van der Waals surface area contributed by atoms with E-state index in [2.05, 4.69) is 0 Å². The maximum absolute atomic E-state index is 5.62. The first-order chi connectivity index (χ1) is 4.74. The second kappa shape index (κ2) is 4.09. The highest BCUT2D eigenvalue weighted by molar-refractivity contribution is 5.85. The molecule has 2 nitrogen and oxygen atoms in total. The lowest BCUT2D eigenvalue weighted by atomic mass is 10.2. The fourth-order valence-corrected chi connectivity index (χ4v) is 0.746. The lowest BCUT2D eigenvalue weighted by Gasteiger charge is -2.02. The van der Waals surface area contributed by atoms with Crippen LogP contribution >= 0.6 is 12.4 Å². The van der Waals surface area contributed by atoms with Gasteiger partial charge in [0.1, 0.15) is 5.75 Å². The Labute approximate surface area is 72.8 Å². The average molecular weight is 174 g/mol. The van der Waals surface area contributed by atoms with Gasteiger partial charge in [-0.25, -0.2) is 0 Å². The minimum absolute atomic E-state index is 0. The first-order valence-electron chi connectivity index (χ1n) is 3.14. The zero-order valence-corrected chi connectivity index (χ0v) is 7.44. The van der Waals surface area contributed by atoms with Gasteiger partial charge in [0.2, 0.25) is 0 Å². The van der Waals surface area contributed by atoms with E-state index in [0.29, 0.717) is 0 Å². The van der Waals surface area contributed by atoms with Crippen molar-refractivity contribution >= 4 is 18.1 Å². The second-order valence-electron chi connectivity index (χ2n) is 2.22. The van der Waals surface area contributed by atoms with E-state index >= 15 is 0 Å². The standard InChI is InChI=1S/C8H11NO.ClH/c1-6-3-4-7(10-2)5-8(6)9;/h3-5H,9H2,1-2H3;1H. The third-order valence-corrected chi connectivity index (χ3v) is 1.49. The van der Waals surface area contributed by atoms with Crippen LogP contribution in [0.25, 0.3) is 0 Å². The molecule has 1 rings (SSSR count). The maximum atomic E-state index is 5.62. The van der Waals surface area contributed by atoms with Gasteiger partial charge in [-0.3, -0.25) is 0 Å². The number of hydrogen-bond donors (Lipinski definition) is 1. The number of ether oxygens (including phenoxy) is 1. The fourth-order valence-electron chi connectivity index (χ4n) is 0.746. The van der Waals surface area contributed by atoms with Crippen LogP contribution in [-0.2, 0) is 0 Å². The largest absolute Gasteiger partial charge is 0.497 e. The summed E-state index contributed by atoms with van der Waals surface area (Å²) in [6, 6.07) is 5.65. The van der Waals surface area contributed by atoms with Crippen molar-refractivity contribution in [2.75, 3.05) is 12.8 Å². The normalized spacial score (nSPS) is 8.55. The number of halogens is 1. The molecule has 0 aliphatic rings. The van der Waals surface area contributed by atoms with Crippen molar-refractivity contribution in [3.8, 4) is 5.75 Å². The van der Waals surface area contributed by atoms with E-state index in [4.69, 9.17) is 10.5 Å². The summed E-state index contributed by atoms with van der Waals surface area (Å²) in [7, 11) is 1.63. The SMILES string of the molecule is COc1ccc(C)c(N)c1.Cl. The van der Waals surface area contributed by atoms with E-state index in [0.717, 1.165) is 17.0 Å². The van der Waals surface area contributed by atoms with Gasteiger partial charge < -0.3 is 10.5 Å². The summed E-state index contributed by atoms with van der Waals surface area (Å²) in [5.74, 6) is 0.808. The number of nitrogens with two attached hydrogens (primary N) is 1. The van der Waals surface area contributed by atoms with E-state index in [1.54, 1.807) is 7.11 Å². The van der Waals surface area contributed by atoms with Crippen molar-refractivity contribution in [3.63, 3.8) is 0 Å². The molecule has 0 bridgehead atoms. The third kappa shape index (κ3) is 2.31. The van der Waals surface area contributed by atoms with E-state index in [9.17, 15) is 0 Å². The molecule has 11 heavy (non-hydrogen) atoms. The third-order valence-electron chi connectivity index (χ3n) is 1.49. The molecule has 0 radical (unpaired) electrons. The summed E-state index contributed by atoms with van der Waals surface area (Å²) in [6.45, 7) is 1.97. The van der Waals surface area contributed by atoms with Gasteiger partial charge in [-0.05, 0) is 18.6 Å². The molecule has 0 unspecified atom stereocenters. The Morgan fingerprint density at radius 1 is 1.36 bits per heavy atom. The highest BCUT2D eigenvalue weighted by Crippen LogP contribution is 2.17. The lowest BCUT2D eigenvalue weighted by Crippen LogP contribution is -1.90. The number of aryl methyl sites for hydroxylation is 1. The predicted molar refractivity (Wildman–Crippen MR) is 49.4 cm³/mol. The van der Waals surface area contributed by atoms with Gasteiger partial charge in [-0.2, -0.15) is 0 Å². The summed E-state index contributed by atoms with van der Waals surface area (Å²) >= 11 is 0. The molecule has 0 fully saturated rings. The van der Waals surface area contributed by atoms with Crippen LogP contribution < -0.4 is 10.5 Å². The first-order valence-corrected chi connectivity index (χ1v) is 3.14. The van der Waals surface area contributed by atoms with Gasteiger partial charge >= 0.3 is 0 Å². The molecule has 3 heteroatoms. The van der Waals surface area contributed by atoms with Crippen LogP contribution in [0.2, 0.25) is 0 Å². The van der Waals surface area contributed by atoms with E-state index < -0.39 is 0 Å². The molecule has 0 aliphatic heterocycles. The lowest BCUT2D eigenvalue weighted by molar-refractivity contribution is 0.415. The Bertz CT molecular complexity index is 238. The van der Waals surface area contributed by atoms with Gasteiger partial charge in [-0.1, -0.05) is 6.07 Å². The van der Waals surface area contributed by atoms with Gasteiger partial charge in [0, 0.05) is 11.8 Å². The van der Waals surface area contributed by atoms with Crippen LogP contribution in [0.1, 0.15) is 5.56 Å². The Morgan fingerprint density at radius 3 is 2.45 bits per heavy atom. The molecule has 1 aromatic rings. The van der Waals surface area contributed by atoms with Crippen LogP contribution in [0.3, 0.4) is 0 Å². The molecular formula is C8H12ClNO. The van der Waals surface area contributed by atoms with E-state index in [1.807, 2.05) is 25.1 Å². The molecule has 0 saturated carbocycles. The zero-order valence-electron chi connectivity index (χ0n) is 6.63. The number of methoxy groups -OCH3 is 1. The van der Waals surface area contributed by atoms with Crippen molar-refractivity contribution in [1.29, 1.82) is 0 Å². The summed E-state index contributed by atoms with van der Waals surface area (Å²) in [4.78, 5) is 0. The Balaban J connectivity index is 0.000001000. The number of benzene rings is 1. The van der Waals surface area contributed by atoms with Crippen LogP contribution in [0.15, 0.2) is 18.2 Å². The average Bonchev–Trinajstić information content (AvgIpc) is 1.95. The van der Waals surface area contributed by atoms with Crippen LogP contribution in [0.4, 0.5) is 5.69 Å². The number of nitrogen functional groups attached to an aromatic ring is 1. The Hall–Kier alpha value is -0.890. The first kappa shape index (κ1) is 10.1. The molecule has 0 aliphatic carbocycles. The molecule has 0 amide bonds. The zero-order chi connectivity index (χ0) is 7.56. The highest BCUT2D eigenvalue weighted by Gasteiger charge is 1.93. The van der Waals surface area contributed by atoms with Crippen molar-refractivity contribution in [3.05, 3.63) is 23.8 Å². The molecule has 0 aromatic heterocycles. The smallest absolute Gasteiger partial charge is 0.120 e. The fraction of sp³-hybridized carbons (Fsp3) is 0.250. The molecule has 62 valence electrons. The quantitative estimate of drug-likeness (QED) is 0.660. The second-order valence-corrected chi connectivity index (χ2v) is 2.22.